The fraction of sp³-hybridized carbons (Fsp3) is 0.800. The number of halogens is 44. The van der Waals surface area contributed by atoms with Crippen molar-refractivity contribution in [3.63, 3.8) is 0 Å². The topological polar surface area (TPSA) is 0 Å². The third kappa shape index (κ3) is 10.1. The third-order valence-corrected chi connectivity index (χ3v) is 25.1. The van der Waals surface area contributed by atoms with Crippen LogP contribution in [0.3, 0.4) is 0 Å². The van der Waals surface area contributed by atoms with Crippen molar-refractivity contribution in [2.45, 2.75) is 140 Å². The molecular weight excluding hydrogens is 1310 g/mol. The van der Waals surface area contributed by atoms with Crippen LogP contribution in [0.2, 0.25) is 13.3 Å². The quantitative estimate of drug-likeness (QED) is 0.0470. The molecule has 0 nitrogen and oxygen atoms in total. The Morgan fingerprint density at radius 1 is 0.200 bits per heavy atom. The van der Waals surface area contributed by atoms with Crippen molar-refractivity contribution in [1.82, 2.24) is 0 Å². The molecule has 0 aliphatic heterocycles. The van der Waals surface area contributed by atoms with Gasteiger partial charge in [-0.25, -0.2) is 0 Å². The van der Waals surface area contributed by atoms with E-state index in [2.05, 4.69) is 0 Å². The van der Waals surface area contributed by atoms with Crippen LogP contribution in [-0.4, -0.2) is 126 Å². The first-order valence-corrected chi connectivity index (χ1v) is 24.9. The maximum absolute atomic E-state index is 15.3. The third-order valence-electron chi connectivity index (χ3n) is 10.5. The molecule has 0 atom stereocenters. The molecule has 0 saturated carbocycles. The van der Waals surface area contributed by atoms with Crippen molar-refractivity contribution in [2.75, 3.05) is 0 Å². The molecular formula is C30H12F44Sn. The Morgan fingerprint density at radius 3 is 0.507 bits per heavy atom. The number of benzene rings is 1. The van der Waals surface area contributed by atoms with Gasteiger partial charge in [0.1, 0.15) is 0 Å². The van der Waals surface area contributed by atoms with Crippen LogP contribution in [0, 0.1) is 29.1 Å². The molecule has 0 fully saturated rings. The normalized spacial score (nSPS) is 16.3. The second-order valence-corrected chi connectivity index (χ2v) is 28.2. The zero-order valence-electron chi connectivity index (χ0n) is 33.4. The van der Waals surface area contributed by atoms with Gasteiger partial charge in [0.05, 0.1) is 0 Å². The number of hydrogen-bond acceptors (Lipinski definition) is 0. The molecule has 0 aliphatic carbocycles. The van der Waals surface area contributed by atoms with Gasteiger partial charge in [-0.3, -0.25) is 0 Å². The van der Waals surface area contributed by atoms with Gasteiger partial charge in [0, 0.05) is 0 Å². The first-order valence-electron chi connectivity index (χ1n) is 17.4. The summed E-state index contributed by atoms with van der Waals surface area (Å²) < 4.78 is 596. The average molecular weight is 1330 g/mol. The Balaban J connectivity index is 4.74. The molecule has 0 heterocycles. The van der Waals surface area contributed by atoms with E-state index in [1.165, 1.54) is 0 Å². The van der Waals surface area contributed by atoms with Crippen LogP contribution in [0.4, 0.5) is 193 Å². The van der Waals surface area contributed by atoms with Crippen LogP contribution in [-0.2, 0) is 0 Å². The van der Waals surface area contributed by atoms with E-state index < -0.39 is 191 Å². The van der Waals surface area contributed by atoms with Gasteiger partial charge in [0.2, 0.25) is 0 Å². The zero-order chi connectivity index (χ0) is 61.2. The fourth-order valence-corrected chi connectivity index (χ4v) is 20.2. The fourth-order valence-electron chi connectivity index (χ4n) is 5.89. The number of alkyl halides is 39. The summed E-state index contributed by atoms with van der Waals surface area (Å²) in [7, 11) is 0. The van der Waals surface area contributed by atoms with Crippen LogP contribution in [0.15, 0.2) is 0 Å². The van der Waals surface area contributed by atoms with Gasteiger partial charge in [-0.15, -0.1) is 0 Å². The van der Waals surface area contributed by atoms with Gasteiger partial charge in [-0.05, 0) is 0 Å². The molecule has 1 aromatic rings. The van der Waals surface area contributed by atoms with E-state index in [9.17, 15) is 158 Å². The Hall–Kier alpha value is -3.06. The Morgan fingerprint density at radius 2 is 0.347 bits per heavy atom. The number of rotatable bonds is 22. The van der Waals surface area contributed by atoms with E-state index >= 15 is 35.1 Å². The molecule has 444 valence electrons. The van der Waals surface area contributed by atoms with Crippen LogP contribution in [0.5, 0.6) is 0 Å². The molecule has 0 bridgehead atoms. The summed E-state index contributed by atoms with van der Waals surface area (Å²) in [4.78, 5) is 0. The van der Waals surface area contributed by atoms with Gasteiger partial charge >= 0.3 is 384 Å². The van der Waals surface area contributed by atoms with Crippen LogP contribution in [0.25, 0.3) is 0 Å². The molecule has 0 radical (unpaired) electrons. The summed E-state index contributed by atoms with van der Waals surface area (Å²) in [6.07, 6.45) is -39.0. The van der Waals surface area contributed by atoms with Crippen LogP contribution >= 0.6 is 0 Å². The second-order valence-electron chi connectivity index (χ2n) is 15.2. The van der Waals surface area contributed by atoms with Crippen molar-refractivity contribution < 1.29 is 193 Å². The molecule has 0 spiro atoms. The van der Waals surface area contributed by atoms with E-state index in [0.29, 0.717) is 0 Å². The van der Waals surface area contributed by atoms with E-state index in [4.69, 9.17) is 0 Å². The van der Waals surface area contributed by atoms with Gasteiger partial charge in [-0.2, -0.15) is 0 Å². The molecule has 0 unspecified atom stereocenters. The van der Waals surface area contributed by atoms with Gasteiger partial charge in [0.15, 0.2) is 0 Å². The first-order chi connectivity index (χ1) is 32.0. The van der Waals surface area contributed by atoms with E-state index in [0.717, 1.165) is 0 Å². The molecule has 0 amide bonds. The summed E-state index contributed by atoms with van der Waals surface area (Å²) in [6, 6.07) is 0. The first kappa shape index (κ1) is 70.0. The Kier molecular flexibility index (Phi) is 17.8. The van der Waals surface area contributed by atoms with Crippen LogP contribution < -0.4 is 3.58 Å². The summed E-state index contributed by atoms with van der Waals surface area (Å²) in [5.74, 6) is -153. The zero-order valence-corrected chi connectivity index (χ0v) is 36.2. The van der Waals surface area contributed by atoms with E-state index in [1.807, 2.05) is 0 Å². The SMILES string of the molecule is Fc1c(F)c(F)[c]([Sn]([CH2]CC(F)(F)C(F)(F)C(F)(F)C(F)(F)C(F)(F)C(F)(F)F)([CH2]CC(F)(F)C(F)(F)C(F)(F)C(F)(F)C(F)(F)C(F)(F)F)[CH2]CC(F)(F)C(F)(F)C(F)(F)C(F)(F)C(F)(F)C(F)(F)F)c(F)c1F. The maximum atomic E-state index is 15.3. The van der Waals surface area contributed by atoms with Gasteiger partial charge in [-0.1, -0.05) is 0 Å². The molecule has 0 aromatic heterocycles. The van der Waals surface area contributed by atoms with Crippen LogP contribution in [0.1, 0.15) is 19.3 Å². The van der Waals surface area contributed by atoms with Crippen molar-refractivity contribution in [3.8, 4) is 0 Å². The predicted octanol–water partition coefficient (Wildman–Crippen LogP) is 16.4. The minimum absolute atomic E-state index is 3.91. The molecule has 45 heteroatoms. The number of hydrogen-bond donors (Lipinski definition) is 0. The molecule has 0 saturated heterocycles. The van der Waals surface area contributed by atoms with Crippen molar-refractivity contribution in [3.05, 3.63) is 29.1 Å². The molecule has 0 aliphatic rings. The summed E-state index contributed by atoms with van der Waals surface area (Å²) in [5.41, 5.74) is 0. The standard InChI is InChI=1S/3C8H4F13.C6F5.Sn/c3*1-2-3(9,10)4(11,12)5(13,14)6(15,16)7(17,18)8(19,20)21;7-2-1-3(8)5(10)6(11)4(2)9;/h3*1-2H2;;. The Labute approximate surface area is 384 Å². The summed E-state index contributed by atoms with van der Waals surface area (Å²) in [5, 5.41) is 0. The van der Waals surface area contributed by atoms with E-state index in [-0.39, 0.29) is 0 Å². The molecule has 0 N–H and O–H groups in total. The molecule has 1 aromatic carbocycles. The predicted molar refractivity (Wildman–Crippen MR) is 152 cm³/mol. The average Bonchev–Trinajstić information content (AvgIpc) is 3.20. The molecule has 1 rings (SSSR count). The Bertz CT molecular complexity index is 1980. The van der Waals surface area contributed by atoms with Crippen molar-refractivity contribution in [1.29, 1.82) is 0 Å². The molecule has 75 heavy (non-hydrogen) atoms. The van der Waals surface area contributed by atoms with Crippen molar-refractivity contribution in [2.24, 2.45) is 0 Å². The van der Waals surface area contributed by atoms with Crippen molar-refractivity contribution >= 4 is 22.0 Å². The minimum atomic E-state index is -9.76. The second kappa shape index (κ2) is 19.1. The van der Waals surface area contributed by atoms with Gasteiger partial charge in [0.25, 0.3) is 0 Å². The van der Waals surface area contributed by atoms with E-state index in [1.54, 1.807) is 0 Å². The monoisotopic (exact) mass is 1330 g/mol. The van der Waals surface area contributed by atoms with Gasteiger partial charge < -0.3 is 0 Å². The summed E-state index contributed by atoms with van der Waals surface area (Å²) in [6.45, 7) is 0. The summed E-state index contributed by atoms with van der Waals surface area (Å²) >= 11 is -9.76.